The van der Waals surface area contributed by atoms with Crippen LogP contribution in [0.2, 0.25) is 0 Å². The summed E-state index contributed by atoms with van der Waals surface area (Å²) in [5.74, 6) is -0.883. The van der Waals surface area contributed by atoms with E-state index in [0.717, 1.165) is 26.1 Å². The van der Waals surface area contributed by atoms with E-state index >= 15 is 0 Å². The van der Waals surface area contributed by atoms with Gasteiger partial charge in [-0.15, -0.1) is 0 Å². The van der Waals surface area contributed by atoms with Crippen LogP contribution < -0.4 is 0 Å². The predicted octanol–water partition coefficient (Wildman–Crippen LogP) is 3.29. The Balaban J connectivity index is 1.91. The second kappa shape index (κ2) is 9.05. The molecule has 1 aliphatic heterocycles. The number of aromatic nitrogens is 1. The van der Waals surface area contributed by atoms with Gasteiger partial charge in [0, 0.05) is 12.7 Å². The number of hydrogen-bond donors (Lipinski definition) is 1. The van der Waals surface area contributed by atoms with Gasteiger partial charge >= 0.3 is 0 Å². The lowest BCUT2D eigenvalue weighted by Gasteiger charge is -2.27. The topological polar surface area (TPSA) is 86.9 Å². The molecule has 0 fully saturated rings. The van der Waals surface area contributed by atoms with E-state index in [4.69, 9.17) is 4.42 Å². The molecule has 0 spiro atoms. The largest absolute Gasteiger partial charge is 0.503 e. The molecule has 0 aliphatic carbocycles. The molecule has 0 radical (unpaired) electrons. The Labute approximate surface area is 170 Å². The third kappa shape index (κ3) is 4.24. The summed E-state index contributed by atoms with van der Waals surface area (Å²) in [7, 11) is 0. The Hall–Kier alpha value is -2.93. The number of hydrogen-bond acceptors (Lipinski definition) is 6. The number of carbonyl (C=O) groups is 2. The Morgan fingerprint density at radius 1 is 1.24 bits per heavy atom. The van der Waals surface area contributed by atoms with Crippen molar-refractivity contribution in [2.45, 2.75) is 33.2 Å². The smallest absolute Gasteiger partial charge is 0.290 e. The van der Waals surface area contributed by atoms with Gasteiger partial charge in [-0.25, -0.2) is 0 Å². The van der Waals surface area contributed by atoms with Gasteiger partial charge in [0.15, 0.2) is 11.5 Å². The SMILES string of the molecule is CCN(CC)CCCN1C(=O)C(O)=C(C(=O)c2ccc(C)o2)C1c1ccccn1. The zero-order valence-corrected chi connectivity index (χ0v) is 17.1. The maximum Gasteiger partial charge on any atom is 0.290 e. The summed E-state index contributed by atoms with van der Waals surface area (Å²) in [5, 5.41) is 10.6. The molecule has 0 aromatic carbocycles. The lowest BCUT2D eigenvalue weighted by molar-refractivity contribution is -0.129. The van der Waals surface area contributed by atoms with E-state index in [-0.39, 0.29) is 11.3 Å². The van der Waals surface area contributed by atoms with Crippen LogP contribution in [-0.4, -0.2) is 57.8 Å². The van der Waals surface area contributed by atoms with E-state index in [1.165, 1.54) is 4.90 Å². The molecule has 3 rings (SSSR count). The van der Waals surface area contributed by atoms with Crippen LogP contribution in [0.1, 0.15) is 48.3 Å². The first-order valence-electron chi connectivity index (χ1n) is 9.96. The van der Waals surface area contributed by atoms with Gasteiger partial charge < -0.3 is 19.3 Å². The van der Waals surface area contributed by atoms with Crippen molar-refractivity contribution in [2.24, 2.45) is 0 Å². The van der Waals surface area contributed by atoms with Gasteiger partial charge in [-0.3, -0.25) is 14.6 Å². The summed E-state index contributed by atoms with van der Waals surface area (Å²) in [4.78, 5) is 34.1. The van der Waals surface area contributed by atoms with Crippen molar-refractivity contribution in [3.05, 3.63) is 65.1 Å². The van der Waals surface area contributed by atoms with Crippen LogP contribution in [0.5, 0.6) is 0 Å². The summed E-state index contributed by atoms with van der Waals surface area (Å²) in [5.41, 5.74) is 0.560. The third-order valence-corrected chi connectivity index (χ3v) is 5.25. The van der Waals surface area contributed by atoms with Gasteiger partial charge in [0.1, 0.15) is 11.8 Å². The summed E-state index contributed by atoms with van der Waals surface area (Å²) in [6.07, 6.45) is 2.34. The van der Waals surface area contributed by atoms with Gasteiger partial charge in [0.25, 0.3) is 5.91 Å². The maximum atomic E-state index is 13.1. The number of furan rings is 1. The van der Waals surface area contributed by atoms with Crippen LogP contribution in [0.15, 0.2) is 52.3 Å². The number of carbonyl (C=O) groups excluding carboxylic acids is 2. The fourth-order valence-corrected chi connectivity index (χ4v) is 3.66. The number of aliphatic hydroxyl groups is 1. The lowest BCUT2D eigenvalue weighted by Crippen LogP contribution is -2.34. The fraction of sp³-hybridized carbons (Fsp3) is 0.409. The van der Waals surface area contributed by atoms with Gasteiger partial charge in [0.2, 0.25) is 5.78 Å². The Morgan fingerprint density at radius 3 is 2.59 bits per heavy atom. The standard InChI is InChI=1S/C22H27N3O4/c1-4-24(5-2)13-8-14-25-19(16-9-6-7-12-23-16)18(21(27)22(25)28)20(26)17-11-10-15(3)29-17/h6-7,9-12,19,27H,4-5,8,13-14H2,1-3H3. The number of pyridine rings is 1. The van der Waals surface area contributed by atoms with Crippen LogP contribution in [0.4, 0.5) is 0 Å². The molecular formula is C22H27N3O4. The minimum atomic E-state index is -0.738. The molecule has 7 heteroatoms. The van der Waals surface area contributed by atoms with E-state index < -0.39 is 23.5 Å². The molecule has 154 valence electrons. The molecular weight excluding hydrogens is 370 g/mol. The van der Waals surface area contributed by atoms with Crippen LogP contribution >= 0.6 is 0 Å². The van der Waals surface area contributed by atoms with Crippen LogP contribution in [-0.2, 0) is 4.79 Å². The minimum absolute atomic E-state index is 0.0193. The highest BCUT2D eigenvalue weighted by Gasteiger charge is 2.44. The molecule has 3 heterocycles. The van der Waals surface area contributed by atoms with Crippen molar-refractivity contribution in [1.82, 2.24) is 14.8 Å². The molecule has 29 heavy (non-hydrogen) atoms. The number of Topliss-reactive ketones (excluding diaryl/α,β-unsaturated/α-hetero) is 1. The molecule has 1 N–H and O–H groups in total. The van der Waals surface area contributed by atoms with Crippen molar-refractivity contribution in [3.8, 4) is 0 Å². The molecule has 2 aromatic rings. The van der Waals surface area contributed by atoms with Gasteiger partial charge in [-0.2, -0.15) is 0 Å². The number of ketones is 1. The molecule has 0 saturated carbocycles. The third-order valence-electron chi connectivity index (χ3n) is 5.25. The second-order valence-electron chi connectivity index (χ2n) is 7.04. The number of aliphatic hydroxyl groups excluding tert-OH is 1. The Kier molecular flexibility index (Phi) is 6.49. The Bertz CT molecular complexity index is 900. The van der Waals surface area contributed by atoms with E-state index in [9.17, 15) is 14.7 Å². The molecule has 1 unspecified atom stereocenters. The van der Waals surface area contributed by atoms with E-state index in [1.54, 1.807) is 43.5 Å². The number of nitrogens with zero attached hydrogens (tertiary/aromatic N) is 3. The van der Waals surface area contributed by atoms with Gasteiger partial charge in [-0.1, -0.05) is 19.9 Å². The summed E-state index contributed by atoms with van der Waals surface area (Å²) in [6.45, 7) is 9.02. The summed E-state index contributed by atoms with van der Waals surface area (Å²) in [6, 6.07) is 7.83. The maximum absolute atomic E-state index is 13.1. The second-order valence-corrected chi connectivity index (χ2v) is 7.04. The first-order valence-corrected chi connectivity index (χ1v) is 9.96. The molecule has 1 aliphatic rings. The normalized spacial score (nSPS) is 16.9. The quantitative estimate of drug-likeness (QED) is 0.654. The van der Waals surface area contributed by atoms with Crippen LogP contribution in [0.3, 0.4) is 0 Å². The minimum Gasteiger partial charge on any atom is -0.503 e. The average molecular weight is 397 g/mol. The average Bonchev–Trinajstić information content (AvgIpc) is 3.28. The van der Waals surface area contributed by atoms with Crippen LogP contribution in [0.25, 0.3) is 0 Å². The monoisotopic (exact) mass is 397 g/mol. The van der Waals surface area contributed by atoms with Gasteiger partial charge in [0.05, 0.1) is 11.3 Å². The molecule has 0 bridgehead atoms. The predicted molar refractivity (Wildman–Crippen MR) is 109 cm³/mol. The highest BCUT2D eigenvalue weighted by atomic mass is 16.3. The molecule has 7 nitrogen and oxygen atoms in total. The van der Waals surface area contributed by atoms with Crippen LogP contribution in [0, 0.1) is 6.92 Å². The zero-order valence-electron chi connectivity index (χ0n) is 17.1. The van der Waals surface area contributed by atoms with Crippen molar-refractivity contribution in [1.29, 1.82) is 0 Å². The first-order chi connectivity index (χ1) is 14.0. The zero-order chi connectivity index (χ0) is 21.0. The Morgan fingerprint density at radius 2 is 2.00 bits per heavy atom. The highest BCUT2D eigenvalue weighted by molar-refractivity contribution is 6.14. The van der Waals surface area contributed by atoms with Crippen molar-refractivity contribution in [2.75, 3.05) is 26.2 Å². The molecule has 1 atom stereocenters. The molecule has 1 amide bonds. The summed E-state index contributed by atoms with van der Waals surface area (Å²) >= 11 is 0. The molecule has 2 aromatic heterocycles. The number of rotatable bonds is 9. The summed E-state index contributed by atoms with van der Waals surface area (Å²) < 4.78 is 5.45. The van der Waals surface area contributed by atoms with E-state index in [1.807, 2.05) is 0 Å². The lowest BCUT2D eigenvalue weighted by atomic mass is 9.98. The van der Waals surface area contributed by atoms with E-state index in [0.29, 0.717) is 18.0 Å². The fourth-order valence-electron chi connectivity index (χ4n) is 3.66. The van der Waals surface area contributed by atoms with Gasteiger partial charge in [-0.05, 0) is 57.2 Å². The van der Waals surface area contributed by atoms with E-state index in [2.05, 4.69) is 23.7 Å². The highest BCUT2D eigenvalue weighted by Crippen LogP contribution is 2.38. The van der Waals surface area contributed by atoms with Crippen molar-refractivity contribution < 1.29 is 19.1 Å². The van der Waals surface area contributed by atoms with Crippen molar-refractivity contribution in [3.63, 3.8) is 0 Å². The first kappa shape index (κ1) is 20.8. The molecule has 0 saturated heterocycles. The number of amides is 1. The van der Waals surface area contributed by atoms with Crippen molar-refractivity contribution >= 4 is 11.7 Å². The number of aryl methyl sites for hydroxylation is 1.